The van der Waals surface area contributed by atoms with Gasteiger partial charge in [0, 0.05) is 39.1 Å². The second-order valence-corrected chi connectivity index (χ2v) is 19.1. The summed E-state index contributed by atoms with van der Waals surface area (Å²) in [5, 5.41) is 4.16. The third kappa shape index (κ3) is 4.47. The molecule has 6 saturated carbocycles. The fraction of sp³-hybridized carbons (Fsp3) is 1.00. The van der Waals surface area contributed by atoms with Gasteiger partial charge in [-0.1, -0.05) is 44.9 Å². The second-order valence-electron chi connectivity index (χ2n) is 16.2. The standard InChI is InChI=1S/C36H57NOS2/c1-6-15-32-27(8-1)34-33(39-32)21-20-26-25-10-7-9-24(35(25)40-36(26)34)22-16-18-23(19-17-22)37-28-11-2-4-13-30(28)38-31-14-5-3-12-29(31)37/h22-36H,1-21H2. The molecule has 9 rings (SSSR count). The average molecular weight is 584 g/mol. The van der Waals surface area contributed by atoms with Gasteiger partial charge < -0.3 is 4.74 Å². The van der Waals surface area contributed by atoms with E-state index in [-0.39, 0.29) is 0 Å². The van der Waals surface area contributed by atoms with Gasteiger partial charge in [0.1, 0.15) is 0 Å². The van der Waals surface area contributed by atoms with Crippen molar-refractivity contribution in [2.24, 2.45) is 35.5 Å². The van der Waals surface area contributed by atoms with Gasteiger partial charge in [0.2, 0.25) is 0 Å². The Bertz CT molecular complexity index is 883. The van der Waals surface area contributed by atoms with Gasteiger partial charge in [-0.05, 0) is 125 Å². The maximum Gasteiger partial charge on any atom is 0.0735 e. The lowest BCUT2D eigenvalue weighted by Crippen LogP contribution is -2.65. The van der Waals surface area contributed by atoms with Crippen molar-refractivity contribution in [3.63, 3.8) is 0 Å². The van der Waals surface area contributed by atoms with Crippen molar-refractivity contribution in [2.75, 3.05) is 0 Å². The average Bonchev–Trinajstić information content (AvgIpc) is 3.58. The van der Waals surface area contributed by atoms with Gasteiger partial charge in [-0.25, -0.2) is 0 Å². The number of hydrogen-bond acceptors (Lipinski definition) is 4. The van der Waals surface area contributed by atoms with E-state index in [2.05, 4.69) is 28.4 Å². The van der Waals surface area contributed by atoms with Gasteiger partial charge in [0.05, 0.1) is 12.2 Å². The van der Waals surface area contributed by atoms with Crippen LogP contribution in [0, 0.1) is 35.5 Å². The highest BCUT2D eigenvalue weighted by Crippen LogP contribution is 2.66. The first kappa shape index (κ1) is 27.0. The molecule has 0 bridgehead atoms. The number of hydrogen-bond donors (Lipinski definition) is 0. The third-order valence-electron chi connectivity index (χ3n) is 14.6. The Morgan fingerprint density at radius 2 is 1.10 bits per heavy atom. The Morgan fingerprint density at radius 3 is 1.90 bits per heavy atom. The van der Waals surface area contributed by atoms with Crippen molar-refractivity contribution in [1.29, 1.82) is 0 Å². The Morgan fingerprint density at radius 1 is 0.450 bits per heavy atom. The van der Waals surface area contributed by atoms with Crippen LogP contribution in [0.25, 0.3) is 0 Å². The molecule has 3 heterocycles. The molecule has 0 spiro atoms. The maximum absolute atomic E-state index is 6.84. The van der Waals surface area contributed by atoms with Gasteiger partial charge >= 0.3 is 0 Å². The Kier molecular flexibility index (Phi) is 7.56. The van der Waals surface area contributed by atoms with Crippen molar-refractivity contribution in [3.8, 4) is 0 Å². The van der Waals surface area contributed by atoms with Crippen LogP contribution < -0.4 is 0 Å². The van der Waals surface area contributed by atoms with E-state index in [9.17, 15) is 0 Å². The van der Waals surface area contributed by atoms with E-state index in [0.29, 0.717) is 12.2 Å². The number of ether oxygens (including phenoxy) is 1. The van der Waals surface area contributed by atoms with Crippen molar-refractivity contribution in [1.82, 2.24) is 4.90 Å². The smallest absolute Gasteiger partial charge is 0.0735 e. The van der Waals surface area contributed by atoms with Crippen LogP contribution in [-0.4, -0.2) is 56.2 Å². The minimum atomic E-state index is 0.560. The number of morpholine rings is 1. The summed E-state index contributed by atoms with van der Waals surface area (Å²) in [4.78, 5) is 3.16. The van der Waals surface area contributed by atoms with E-state index in [1.54, 1.807) is 57.8 Å². The molecular formula is C36H57NOS2. The quantitative estimate of drug-likeness (QED) is 0.321. The predicted molar refractivity (Wildman–Crippen MR) is 170 cm³/mol. The molecule has 3 saturated heterocycles. The van der Waals surface area contributed by atoms with Crippen molar-refractivity contribution >= 4 is 23.5 Å². The number of rotatable bonds is 2. The van der Waals surface area contributed by atoms with Gasteiger partial charge in [0.25, 0.3) is 0 Å². The molecule has 9 aliphatic rings. The van der Waals surface area contributed by atoms with Crippen LogP contribution in [0.15, 0.2) is 0 Å². The molecule has 0 aromatic carbocycles. The molecular weight excluding hydrogens is 527 g/mol. The lowest BCUT2D eigenvalue weighted by atomic mass is 9.62. The van der Waals surface area contributed by atoms with E-state index in [1.807, 2.05) is 0 Å². The monoisotopic (exact) mass is 583 g/mol. The first-order valence-electron chi connectivity index (χ1n) is 18.6. The highest BCUT2D eigenvalue weighted by Gasteiger charge is 2.59. The molecule has 0 aromatic heterocycles. The third-order valence-corrected chi connectivity index (χ3v) is 18.4. The van der Waals surface area contributed by atoms with Crippen LogP contribution in [-0.2, 0) is 4.74 Å². The predicted octanol–water partition coefficient (Wildman–Crippen LogP) is 9.10. The number of nitrogens with zero attached hydrogens (tertiary/aromatic N) is 1. The summed E-state index contributed by atoms with van der Waals surface area (Å²) in [5.41, 5.74) is 0. The SMILES string of the molecule is C1CCC2C(C1)OC1CCCCC1N2C1CCC(C2CCCC3C4CCC5SC6CCCCC6C5C4SC23)CC1. The molecule has 3 aliphatic heterocycles. The van der Waals surface area contributed by atoms with E-state index in [0.717, 1.165) is 74.6 Å². The zero-order valence-corrected chi connectivity index (χ0v) is 26.8. The van der Waals surface area contributed by atoms with Crippen molar-refractivity contribution in [2.45, 2.75) is 186 Å². The van der Waals surface area contributed by atoms with E-state index in [4.69, 9.17) is 4.74 Å². The highest BCUT2D eigenvalue weighted by atomic mass is 32.2. The molecule has 13 unspecified atom stereocenters. The summed E-state index contributed by atoms with van der Waals surface area (Å²) in [7, 11) is 0. The van der Waals surface area contributed by atoms with Crippen molar-refractivity contribution < 1.29 is 4.74 Å². The summed E-state index contributed by atoms with van der Waals surface area (Å²) in [6.07, 6.45) is 32.5. The van der Waals surface area contributed by atoms with Crippen LogP contribution in [0.3, 0.4) is 0 Å². The maximum atomic E-state index is 6.84. The summed E-state index contributed by atoms with van der Waals surface area (Å²) in [6.45, 7) is 0. The zero-order chi connectivity index (χ0) is 26.2. The first-order chi connectivity index (χ1) is 19.8. The van der Waals surface area contributed by atoms with Gasteiger partial charge in [0.15, 0.2) is 0 Å². The minimum Gasteiger partial charge on any atom is -0.372 e. The molecule has 4 heteroatoms. The molecule has 9 fully saturated rings. The molecule has 0 amide bonds. The van der Waals surface area contributed by atoms with E-state index >= 15 is 0 Å². The molecule has 0 N–H and O–H groups in total. The van der Waals surface area contributed by atoms with Crippen LogP contribution in [0.2, 0.25) is 0 Å². The Labute approximate surface area is 254 Å². The second kappa shape index (κ2) is 11.2. The largest absolute Gasteiger partial charge is 0.372 e. The summed E-state index contributed by atoms with van der Waals surface area (Å²) >= 11 is 5.12. The molecule has 40 heavy (non-hydrogen) atoms. The Hall–Kier alpha value is 0.620. The molecule has 2 nitrogen and oxygen atoms in total. The van der Waals surface area contributed by atoms with Gasteiger partial charge in [-0.3, -0.25) is 4.90 Å². The summed E-state index contributed by atoms with van der Waals surface area (Å²) in [6, 6.07) is 2.38. The van der Waals surface area contributed by atoms with Crippen LogP contribution in [0.4, 0.5) is 0 Å². The normalized spacial score (nSPS) is 56.2. The molecule has 13 atom stereocenters. The van der Waals surface area contributed by atoms with E-state index in [1.165, 1.54) is 77.0 Å². The van der Waals surface area contributed by atoms with Gasteiger partial charge in [-0.2, -0.15) is 23.5 Å². The lowest BCUT2D eigenvalue weighted by molar-refractivity contribution is -0.190. The minimum absolute atomic E-state index is 0.560. The molecule has 6 aliphatic carbocycles. The Balaban J connectivity index is 0.896. The first-order valence-corrected chi connectivity index (χ1v) is 20.5. The fourth-order valence-electron chi connectivity index (χ4n) is 13.1. The molecule has 0 radical (unpaired) electrons. The fourth-order valence-corrected chi connectivity index (χ4v) is 17.8. The summed E-state index contributed by atoms with van der Waals surface area (Å²) in [5.74, 6) is 6.47. The van der Waals surface area contributed by atoms with Gasteiger partial charge in [-0.15, -0.1) is 0 Å². The molecule has 224 valence electrons. The van der Waals surface area contributed by atoms with Crippen molar-refractivity contribution in [3.05, 3.63) is 0 Å². The number of thioether (sulfide) groups is 2. The summed E-state index contributed by atoms with van der Waals surface area (Å²) < 4.78 is 6.84. The zero-order valence-electron chi connectivity index (χ0n) is 25.2. The van der Waals surface area contributed by atoms with Crippen LogP contribution in [0.5, 0.6) is 0 Å². The topological polar surface area (TPSA) is 12.5 Å². The number of fused-ring (bicyclic) bond motifs is 9. The molecule has 0 aromatic rings. The van der Waals surface area contributed by atoms with Crippen LogP contribution in [0.1, 0.15) is 135 Å². The lowest BCUT2D eigenvalue weighted by Gasteiger charge is -2.57. The highest BCUT2D eigenvalue weighted by molar-refractivity contribution is 8.01. The van der Waals surface area contributed by atoms with E-state index < -0.39 is 0 Å². The van der Waals surface area contributed by atoms with Crippen LogP contribution >= 0.6 is 23.5 Å².